The largest absolute Gasteiger partial charge is 0.475 e. The predicted octanol–water partition coefficient (Wildman–Crippen LogP) is 7.42. The van der Waals surface area contributed by atoms with Crippen LogP contribution in [0.25, 0.3) is 11.1 Å². The summed E-state index contributed by atoms with van der Waals surface area (Å²) in [5, 5.41) is 2.94. The molecule has 0 saturated carbocycles. The molecule has 0 saturated heterocycles. The first-order valence-corrected chi connectivity index (χ1v) is 14.9. The van der Waals surface area contributed by atoms with Gasteiger partial charge in [-0.05, 0) is 42.8 Å². The van der Waals surface area contributed by atoms with Gasteiger partial charge in [0.25, 0.3) is 0 Å². The Morgan fingerprint density at radius 3 is 2.41 bits per heavy atom. The van der Waals surface area contributed by atoms with E-state index < -0.39 is 24.8 Å². The number of hydrogen-bond acceptors (Lipinski definition) is 6. The number of carbonyl (C=O) groups excluding carboxylic acids is 1. The highest BCUT2D eigenvalue weighted by molar-refractivity contribution is 6.74. The van der Waals surface area contributed by atoms with Crippen LogP contribution in [0.2, 0.25) is 23.3 Å². The number of aryl methyl sites for hydroxylation is 1. The molecule has 0 aliphatic rings. The van der Waals surface area contributed by atoms with Crippen LogP contribution in [0.15, 0.2) is 24.4 Å². The molecule has 7 nitrogen and oxygen atoms in total. The number of alkyl halides is 3. The fourth-order valence-corrected chi connectivity index (χ4v) is 3.95. The first-order valence-electron chi connectivity index (χ1n) is 10.5. The van der Waals surface area contributed by atoms with E-state index in [-0.39, 0.29) is 10.2 Å². The van der Waals surface area contributed by atoms with Crippen molar-refractivity contribution in [3.63, 3.8) is 0 Å². The van der Waals surface area contributed by atoms with Crippen LogP contribution >= 0.6 is 46.4 Å². The van der Waals surface area contributed by atoms with E-state index in [0.717, 1.165) is 16.8 Å². The van der Waals surface area contributed by atoms with E-state index in [1.54, 1.807) is 18.2 Å². The summed E-state index contributed by atoms with van der Waals surface area (Å²) in [5.41, 5.74) is 2.57. The molecular formula is C22H29Cl4N3O4Si. The van der Waals surface area contributed by atoms with Crippen molar-refractivity contribution in [1.29, 1.82) is 0 Å². The molecule has 188 valence electrons. The summed E-state index contributed by atoms with van der Waals surface area (Å²) >= 11 is 23.0. The monoisotopic (exact) mass is 567 g/mol. The molecule has 0 bridgehead atoms. The molecule has 1 N–H and O–H groups in total. The third kappa shape index (κ3) is 9.05. The van der Waals surface area contributed by atoms with E-state index >= 15 is 0 Å². The van der Waals surface area contributed by atoms with Crippen LogP contribution in [0.1, 0.15) is 26.5 Å². The summed E-state index contributed by atoms with van der Waals surface area (Å²) in [4.78, 5) is 20.6. The second-order valence-electron chi connectivity index (χ2n) is 9.15. The van der Waals surface area contributed by atoms with Crippen molar-refractivity contribution in [3.05, 3.63) is 35.2 Å². The first kappa shape index (κ1) is 28.9. The molecule has 0 aliphatic carbocycles. The molecule has 0 fully saturated rings. The maximum atomic E-state index is 12.0. The molecule has 0 aliphatic heterocycles. The van der Waals surface area contributed by atoms with Gasteiger partial charge in [0.1, 0.15) is 18.4 Å². The van der Waals surface area contributed by atoms with Gasteiger partial charge in [-0.15, -0.1) is 0 Å². The summed E-state index contributed by atoms with van der Waals surface area (Å²) in [6, 6.07) is 5.18. The van der Waals surface area contributed by atoms with Crippen molar-refractivity contribution in [2.45, 2.75) is 49.6 Å². The van der Waals surface area contributed by atoms with Gasteiger partial charge in [-0.25, -0.2) is 9.78 Å². The van der Waals surface area contributed by atoms with Crippen LogP contribution in [0, 0.1) is 6.92 Å². The Hall–Kier alpha value is -1.29. The van der Waals surface area contributed by atoms with Gasteiger partial charge in [0.2, 0.25) is 9.67 Å². The van der Waals surface area contributed by atoms with E-state index in [1.165, 1.54) is 6.20 Å². The fraction of sp³-hybridized carbons (Fsp3) is 0.500. The quantitative estimate of drug-likeness (QED) is 0.154. The SMILES string of the molecule is Cc1ncc(NC(=O)OCC(Cl)(Cl)Cl)cc1-c1cc(Cl)nc(OCCO[Si](C)(C)C(C)(C)C)c1. The maximum Gasteiger partial charge on any atom is 0.411 e. The fourth-order valence-electron chi connectivity index (χ4n) is 2.56. The van der Waals surface area contributed by atoms with Gasteiger partial charge in [-0.3, -0.25) is 10.3 Å². The molecule has 2 aromatic heterocycles. The first-order chi connectivity index (χ1) is 15.6. The van der Waals surface area contributed by atoms with Crippen LogP contribution in [0.3, 0.4) is 0 Å². The number of amides is 1. The van der Waals surface area contributed by atoms with Crippen molar-refractivity contribution >= 4 is 66.5 Å². The smallest absolute Gasteiger partial charge is 0.411 e. The molecule has 2 aromatic rings. The average molecular weight is 569 g/mol. The van der Waals surface area contributed by atoms with E-state index in [9.17, 15) is 4.79 Å². The zero-order valence-corrected chi connectivity index (χ0v) is 24.0. The minimum Gasteiger partial charge on any atom is -0.475 e. The summed E-state index contributed by atoms with van der Waals surface area (Å²) in [6.45, 7) is 13.2. The zero-order valence-electron chi connectivity index (χ0n) is 20.0. The van der Waals surface area contributed by atoms with Gasteiger partial charge in [0, 0.05) is 17.3 Å². The third-order valence-electron chi connectivity index (χ3n) is 5.38. The molecular weight excluding hydrogens is 540 g/mol. The number of hydrogen-bond donors (Lipinski definition) is 1. The van der Waals surface area contributed by atoms with Gasteiger partial charge in [-0.2, -0.15) is 0 Å². The highest BCUT2D eigenvalue weighted by Gasteiger charge is 2.36. The zero-order chi connectivity index (χ0) is 25.7. The third-order valence-corrected chi connectivity index (χ3v) is 10.4. The van der Waals surface area contributed by atoms with Crippen LogP contribution in [0.4, 0.5) is 10.5 Å². The summed E-state index contributed by atoms with van der Waals surface area (Å²) in [5.74, 6) is 0.362. The molecule has 12 heteroatoms. The summed E-state index contributed by atoms with van der Waals surface area (Å²) < 4.78 is 15.1. The normalized spacial score (nSPS) is 12.4. The van der Waals surface area contributed by atoms with Crippen molar-refractivity contribution in [2.75, 3.05) is 25.1 Å². The average Bonchev–Trinajstić information content (AvgIpc) is 2.69. The van der Waals surface area contributed by atoms with E-state index in [0.29, 0.717) is 24.8 Å². The topological polar surface area (TPSA) is 82.6 Å². The summed E-state index contributed by atoms with van der Waals surface area (Å²) in [7, 11) is -1.86. The van der Waals surface area contributed by atoms with E-state index in [2.05, 4.69) is 49.1 Å². The second-order valence-corrected chi connectivity index (χ2v) is 16.9. The van der Waals surface area contributed by atoms with Crippen LogP contribution < -0.4 is 10.1 Å². The number of aromatic nitrogens is 2. The molecule has 34 heavy (non-hydrogen) atoms. The Morgan fingerprint density at radius 2 is 1.79 bits per heavy atom. The van der Waals surface area contributed by atoms with Crippen molar-refractivity contribution in [2.24, 2.45) is 0 Å². The molecule has 0 unspecified atom stereocenters. The number of rotatable bonds is 8. The van der Waals surface area contributed by atoms with Gasteiger partial charge < -0.3 is 13.9 Å². The lowest BCUT2D eigenvalue weighted by Gasteiger charge is -2.36. The number of nitrogens with one attached hydrogen (secondary N) is 1. The lowest BCUT2D eigenvalue weighted by molar-refractivity contribution is 0.164. The maximum absolute atomic E-state index is 12.0. The minimum absolute atomic E-state index is 0.117. The van der Waals surface area contributed by atoms with Crippen molar-refractivity contribution < 1.29 is 18.7 Å². The highest BCUT2D eigenvalue weighted by atomic mass is 35.6. The molecule has 0 atom stereocenters. The lowest BCUT2D eigenvalue weighted by Crippen LogP contribution is -2.41. The summed E-state index contributed by atoms with van der Waals surface area (Å²) in [6.07, 6.45) is 0.717. The van der Waals surface area contributed by atoms with Crippen LogP contribution in [0.5, 0.6) is 5.88 Å². The molecule has 2 heterocycles. The Morgan fingerprint density at radius 1 is 1.12 bits per heavy atom. The van der Waals surface area contributed by atoms with Gasteiger partial charge >= 0.3 is 6.09 Å². The molecule has 0 radical (unpaired) electrons. The lowest BCUT2D eigenvalue weighted by atomic mass is 10.1. The number of nitrogens with zero attached hydrogens (tertiary/aromatic N) is 2. The number of carbonyl (C=O) groups is 1. The highest BCUT2D eigenvalue weighted by Crippen LogP contribution is 2.36. The molecule has 0 spiro atoms. The molecule has 1 amide bonds. The Labute approximate surface area is 221 Å². The Kier molecular flexibility index (Phi) is 9.90. The van der Waals surface area contributed by atoms with E-state index in [4.69, 9.17) is 60.3 Å². The van der Waals surface area contributed by atoms with Gasteiger partial charge in [0.05, 0.1) is 18.5 Å². The number of ether oxygens (including phenoxy) is 2. The van der Waals surface area contributed by atoms with Crippen LogP contribution in [-0.2, 0) is 9.16 Å². The van der Waals surface area contributed by atoms with Crippen molar-refractivity contribution in [3.8, 4) is 17.0 Å². The van der Waals surface area contributed by atoms with Crippen LogP contribution in [-0.4, -0.2) is 48.0 Å². The van der Waals surface area contributed by atoms with E-state index in [1.807, 2.05) is 6.92 Å². The van der Waals surface area contributed by atoms with Gasteiger partial charge in [0.15, 0.2) is 8.32 Å². The van der Waals surface area contributed by atoms with Crippen molar-refractivity contribution in [1.82, 2.24) is 9.97 Å². The number of anilines is 1. The number of halogens is 4. The standard InChI is InChI=1S/C22H29Cl4N3O4Si/c1-14-17(11-16(12-27-14)28-20(30)32-13-22(24,25)26)15-9-18(23)29-19(10-15)31-7-8-33-34(5,6)21(2,3)4/h9-12H,7-8,13H2,1-6H3,(H,28,30). The minimum atomic E-state index is -1.86. The Balaban J connectivity index is 2.11. The molecule has 2 rings (SSSR count). The molecule has 0 aromatic carbocycles. The number of pyridine rings is 2. The predicted molar refractivity (Wildman–Crippen MR) is 141 cm³/mol. The van der Waals surface area contributed by atoms with Gasteiger partial charge in [-0.1, -0.05) is 67.2 Å². The Bertz CT molecular complexity index is 1010. The second kappa shape index (κ2) is 11.6.